The second-order valence-electron chi connectivity index (χ2n) is 1.62. The molecule has 56 valence electrons. The molecule has 0 rings (SSSR count). The third-order valence-corrected chi connectivity index (χ3v) is 0.841. The van der Waals surface area contributed by atoms with E-state index in [4.69, 9.17) is 5.11 Å². The summed E-state index contributed by atoms with van der Waals surface area (Å²) in [5, 5.41) is 10.2. The van der Waals surface area contributed by atoms with E-state index in [9.17, 15) is 14.4 Å². The Hall–Kier alpha value is -1.39. The second kappa shape index (κ2) is 4.49. The van der Waals surface area contributed by atoms with E-state index < -0.39 is 12.0 Å². The molecule has 0 heterocycles. The fraction of sp³-hybridized carbons (Fsp3) is 0.400. The lowest BCUT2D eigenvalue weighted by Gasteiger charge is -2.02. The lowest BCUT2D eigenvalue weighted by atomic mass is 10.2. The van der Waals surface area contributed by atoms with E-state index in [-0.39, 0.29) is 6.42 Å². The smallest absolute Gasteiger partial charge is 0.305 e. The van der Waals surface area contributed by atoms with Crippen LogP contribution in [0.1, 0.15) is 6.42 Å². The zero-order chi connectivity index (χ0) is 7.98. The Bertz CT molecular complexity index is 145. The molecule has 0 saturated carbocycles. The number of hydrogen-bond donors (Lipinski definition) is 2. The Balaban J connectivity index is 3.70. The maximum Gasteiger partial charge on any atom is 0.305 e. The van der Waals surface area contributed by atoms with Crippen molar-refractivity contribution in [3.63, 3.8) is 0 Å². The lowest BCUT2D eigenvalue weighted by molar-refractivity contribution is -0.138. The molecule has 0 aliphatic heterocycles. The lowest BCUT2D eigenvalue weighted by Crippen LogP contribution is -2.31. The molecule has 0 aromatic heterocycles. The minimum atomic E-state index is -1.12. The van der Waals surface area contributed by atoms with E-state index >= 15 is 0 Å². The van der Waals surface area contributed by atoms with Crippen molar-refractivity contribution in [2.24, 2.45) is 0 Å². The van der Waals surface area contributed by atoms with E-state index in [1.165, 1.54) is 0 Å². The van der Waals surface area contributed by atoms with Gasteiger partial charge in [-0.1, -0.05) is 0 Å². The van der Waals surface area contributed by atoms with Crippen LogP contribution in [0.15, 0.2) is 0 Å². The number of amides is 1. The van der Waals surface area contributed by atoms with Crippen LogP contribution in [-0.4, -0.2) is 29.8 Å². The first kappa shape index (κ1) is 8.61. The van der Waals surface area contributed by atoms with Crippen molar-refractivity contribution >= 4 is 18.7 Å². The van der Waals surface area contributed by atoms with Crippen molar-refractivity contribution in [1.29, 1.82) is 0 Å². The zero-order valence-electron chi connectivity index (χ0n) is 5.11. The molecular formula is C5H7NO4. The van der Waals surface area contributed by atoms with Gasteiger partial charge < -0.3 is 15.2 Å². The second-order valence-corrected chi connectivity index (χ2v) is 1.62. The van der Waals surface area contributed by atoms with Crippen molar-refractivity contribution < 1.29 is 19.5 Å². The van der Waals surface area contributed by atoms with E-state index in [0.29, 0.717) is 12.7 Å². The van der Waals surface area contributed by atoms with E-state index in [1.54, 1.807) is 0 Å². The van der Waals surface area contributed by atoms with Gasteiger partial charge in [0.2, 0.25) is 6.41 Å². The van der Waals surface area contributed by atoms with E-state index in [0.717, 1.165) is 0 Å². The zero-order valence-corrected chi connectivity index (χ0v) is 5.11. The number of carbonyl (C=O) groups excluding carboxylic acids is 2. The summed E-state index contributed by atoms with van der Waals surface area (Å²) in [5.41, 5.74) is 0. The molecule has 0 bridgehead atoms. The molecule has 5 nitrogen and oxygen atoms in total. The quantitative estimate of drug-likeness (QED) is 0.474. The molecule has 1 amide bonds. The van der Waals surface area contributed by atoms with Gasteiger partial charge in [-0.05, 0) is 0 Å². The predicted molar refractivity (Wildman–Crippen MR) is 31.3 cm³/mol. The first-order valence-corrected chi connectivity index (χ1v) is 2.57. The molecule has 2 N–H and O–H groups in total. The van der Waals surface area contributed by atoms with Crippen LogP contribution in [0, 0.1) is 0 Å². The summed E-state index contributed by atoms with van der Waals surface area (Å²) in [6.07, 6.45) is 0.298. The van der Waals surface area contributed by atoms with Gasteiger partial charge in [-0.25, -0.2) is 0 Å². The number of aldehydes is 1. The Morgan fingerprint density at radius 2 is 2.20 bits per heavy atom. The SMILES string of the molecule is O=CNC(C=O)CC(=O)O. The van der Waals surface area contributed by atoms with Crippen molar-refractivity contribution in [2.45, 2.75) is 12.5 Å². The van der Waals surface area contributed by atoms with Crippen LogP contribution in [0.3, 0.4) is 0 Å². The number of aliphatic carboxylic acids is 1. The van der Waals surface area contributed by atoms with Gasteiger partial charge in [-0.15, -0.1) is 0 Å². The van der Waals surface area contributed by atoms with Gasteiger partial charge in [0.05, 0.1) is 12.5 Å². The summed E-state index contributed by atoms with van der Waals surface area (Å²) < 4.78 is 0. The van der Waals surface area contributed by atoms with Gasteiger partial charge in [0.1, 0.15) is 6.29 Å². The monoisotopic (exact) mass is 145 g/mol. The van der Waals surface area contributed by atoms with E-state index in [1.807, 2.05) is 5.32 Å². The maximum atomic E-state index is 9.95. The first-order chi connectivity index (χ1) is 4.70. The molecule has 1 unspecified atom stereocenters. The van der Waals surface area contributed by atoms with Gasteiger partial charge in [0, 0.05) is 0 Å². The van der Waals surface area contributed by atoms with Crippen molar-refractivity contribution in [3.05, 3.63) is 0 Å². The Morgan fingerprint density at radius 1 is 1.60 bits per heavy atom. The summed E-state index contributed by atoms with van der Waals surface area (Å²) in [6.45, 7) is 0. The van der Waals surface area contributed by atoms with Gasteiger partial charge in [0.25, 0.3) is 0 Å². The standard InChI is InChI=1S/C5H7NO4/c7-2-4(6-3-8)1-5(9)10/h2-4H,1H2,(H,6,8)(H,9,10). The van der Waals surface area contributed by atoms with Crippen molar-refractivity contribution in [2.75, 3.05) is 0 Å². The largest absolute Gasteiger partial charge is 0.481 e. The molecule has 0 aliphatic rings. The van der Waals surface area contributed by atoms with Gasteiger partial charge in [-0.3, -0.25) is 9.59 Å². The number of rotatable bonds is 5. The first-order valence-electron chi connectivity index (χ1n) is 2.57. The molecular weight excluding hydrogens is 138 g/mol. The van der Waals surface area contributed by atoms with Crippen LogP contribution in [0.2, 0.25) is 0 Å². The van der Waals surface area contributed by atoms with Gasteiger partial charge in [0.15, 0.2) is 0 Å². The van der Waals surface area contributed by atoms with Crippen LogP contribution in [-0.2, 0) is 14.4 Å². The molecule has 0 radical (unpaired) electrons. The van der Waals surface area contributed by atoms with Gasteiger partial charge >= 0.3 is 5.97 Å². The number of hydrogen-bond acceptors (Lipinski definition) is 3. The highest BCUT2D eigenvalue weighted by atomic mass is 16.4. The average Bonchev–Trinajstić information content (AvgIpc) is 1.86. The van der Waals surface area contributed by atoms with Gasteiger partial charge in [-0.2, -0.15) is 0 Å². The third kappa shape index (κ3) is 3.59. The summed E-state index contributed by atoms with van der Waals surface area (Å²) in [4.78, 5) is 29.6. The number of nitrogens with one attached hydrogen (secondary N) is 1. The molecule has 0 saturated heterocycles. The molecule has 10 heavy (non-hydrogen) atoms. The van der Waals surface area contributed by atoms with E-state index in [2.05, 4.69) is 0 Å². The van der Waals surface area contributed by atoms with Crippen LogP contribution in [0.4, 0.5) is 0 Å². The van der Waals surface area contributed by atoms with Crippen LogP contribution in [0.5, 0.6) is 0 Å². The minimum absolute atomic E-state index is 0.294. The fourth-order valence-corrected chi connectivity index (χ4v) is 0.422. The highest BCUT2D eigenvalue weighted by molar-refractivity contribution is 5.75. The Labute approximate surface area is 57.0 Å². The minimum Gasteiger partial charge on any atom is -0.481 e. The fourth-order valence-electron chi connectivity index (χ4n) is 0.422. The molecule has 1 atom stereocenters. The normalized spacial score (nSPS) is 11.6. The Morgan fingerprint density at radius 3 is 2.50 bits per heavy atom. The van der Waals surface area contributed by atoms with Crippen molar-refractivity contribution in [1.82, 2.24) is 5.32 Å². The number of carboxylic acid groups (broad SMARTS) is 1. The molecule has 5 heteroatoms. The third-order valence-electron chi connectivity index (χ3n) is 0.841. The van der Waals surface area contributed by atoms with Crippen LogP contribution < -0.4 is 5.32 Å². The number of carbonyl (C=O) groups is 3. The topological polar surface area (TPSA) is 83.5 Å². The molecule has 0 spiro atoms. The summed E-state index contributed by atoms with van der Waals surface area (Å²) in [5.74, 6) is -1.12. The molecule has 0 fully saturated rings. The molecule has 0 aliphatic carbocycles. The predicted octanol–water partition coefficient (Wildman–Crippen LogP) is -1.23. The number of carboxylic acids is 1. The summed E-state index contributed by atoms with van der Waals surface area (Å²) >= 11 is 0. The molecule has 0 aromatic rings. The highest BCUT2D eigenvalue weighted by Gasteiger charge is 2.09. The summed E-state index contributed by atoms with van der Waals surface area (Å²) in [7, 11) is 0. The highest BCUT2D eigenvalue weighted by Crippen LogP contribution is 1.85. The van der Waals surface area contributed by atoms with Crippen molar-refractivity contribution in [3.8, 4) is 0 Å². The van der Waals surface area contributed by atoms with Crippen LogP contribution >= 0.6 is 0 Å². The average molecular weight is 145 g/mol. The van der Waals surface area contributed by atoms with Crippen LogP contribution in [0.25, 0.3) is 0 Å². The molecule has 0 aromatic carbocycles. The maximum absolute atomic E-state index is 9.95. The Kier molecular flexibility index (Phi) is 3.86. The summed E-state index contributed by atoms with van der Waals surface area (Å²) in [6, 6.07) is -0.907.